The SMILES string of the molecule is CCOc1cccc2c1nc(N)n2-c1ccc(Br)c(Cl)c1. The maximum absolute atomic E-state index is 6.17. The molecule has 0 saturated carbocycles. The summed E-state index contributed by atoms with van der Waals surface area (Å²) in [5, 5.41) is 0.620. The third kappa shape index (κ3) is 2.47. The third-order valence-electron chi connectivity index (χ3n) is 3.14. The molecule has 2 N–H and O–H groups in total. The summed E-state index contributed by atoms with van der Waals surface area (Å²) in [7, 11) is 0. The number of nitrogens with two attached hydrogens (primary N) is 1. The summed E-state index contributed by atoms with van der Waals surface area (Å²) in [5.74, 6) is 1.12. The van der Waals surface area contributed by atoms with Gasteiger partial charge in [-0.2, -0.15) is 0 Å². The molecule has 0 fully saturated rings. The number of anilines is 1. The van der Waals surface area contributed by atoms with Gasteiger partial charge in [0, 0.05) is 4.47 Å². The molecule has 0 aliphatic rings. The van der Waals surface area contributed by atoms with Crippen molar-refractivity contribution in [2.45, 2.75) is 6.92 Å². The van der Waals surface area contributed by atoms with Crippen molar-refractivity contribution < 1.29 is 4.74 Å². The average Bonchev–Trinajstić information content (AvgIpc) is 2.80. The molecule has 0 bridgehead atoms. The van der Waals surface area contributed by atoms with Gasteiger partial charge in [-0.25, -0.2) is 4.98 Å². The van der Waals surface area contributed by atoms with Crippen molar-refractivity contribution in [3.8, 4) is 11.4 Å². The van der Waals surface area contributed by atoms with Crippen LogP contribution in [0.1, 0.15) is 6.92 Å². The van der Waals surface area contributed by atoms with E-state index in [1.54, 1.807) is 0 Å². The van der Waals surface area contributed by atoms with Gasteiger partial charge in [0.2, 0.25) is 5.95 Å². The molecule has 6 heteroatoms. The summed E-state index contributed by atoms with van der Waals surface area (Å²) in [5.41, 5.74) is 8.57. The topological polar surface area (TPSA) is 53.1 Å². The molecule has 0 spiro atoms. The molecular weight excluding hydrogens is 354 g/mol. The van der Waals surface area contributed by atoms with Gasteiger partial charge in [0.05, 0.1) is 22.8 Å². The lowest BCUT2D eigenvalue weighted by atomic mass is 10.2. The molecule has 0 amide bonds. The Morgan fingerprint density at radius 3 is 2.86 bits per heavy atom. The van der Waals surface area contributed by atoms with Crippen molar-refractivity contribution >= 4 is 44.5 Å². The van der Waals surface area contributed by atoms with Crippen molar-refractivity contribution in [2.24, 2.45) is 0 Å². The molecule has 0 aliphatic heterocycles. The Kier molecular flexibility index (Phi) is 3.78. The molecule has 3 rings (SSSR count). The summed E-state index contributed by atoms with van der Waals surface area (Å²) in [6.45, 7) is 2.52. The fraction of sp³-hybridized carbons (Fsp3) is 0.133. The largest absolute Gasteiger partial charge is 0.492 e. The van der Waals surface area contributed by atoms with Gasteiger partial charge in [-0.15, -0.1) is 0 Å². The van der Waals surface area contributed by atoms with Gasteiger partial charge >= 0.3 is 0 Å². The Hall–Kier alpha value is -1.72. The van der Waals surface area contributed by atoms with E-state index in [1.165, 1.54) is 0 Å². The van der Waals surface area contributed by atoms with Gasteiger partial charge in [-0.3, -0.25) is 4.57 Å². The second-order valence-electron chi connectivity index (χ2n) is 4.46. The Balaban J connectivity index is 2.25. The molecule has 0 unspecified atom stereocenters. The smallest absolute Gasteiger partial charge is 0.206 e. The third-order valence-corrected chi connectivity index (χ3v) is 4.37. The zero-order valence-corrected chi connectivity index (χ0v) is 13.6. The highest BCUT2D eigenvalue weighted by Gasteiger charge is 2.14. The maximum Gasteiger partial charge on any atom is 0.206 e. The Morgan fingerprint density at radius 1 is 1.33 bits per heavy atom. The van der Waals surface area contributed by atoms with Crippen LogP contribution < -0.4 is 10.5 Å². The first-order valence-corrected chi connectivity index (χ1v) is 7.64. The second kappa shape index (κ2) is 5.58. The van der Waals surface area contributed by atoms with E-state index in [1.807, 2.05) is 47.9 Å². The van der Waals surface area contributed by atoms with Crippen molar-refractivity contribution in [3.05, 3.63) is 45.9 Å². The first-order valence-electron chi connectivity index (χ1n) is 6.47. The van der Waals surface area contributed by atoms with E-state index in [4.69, 9.17) is 22.1 Å². The minimum atomic E-state index is 0.399. The van der Waals surface area contributed by atoms with E-state index in [9.17, 15) is 0 Å². The zero-order chi connectivity index (χ0) is 15.0. The second-order valence-corrected chi connectivity index (χ2v) is 5.72. The van der Waals surface area contributed by atoms with Crippen LogP contribution in [-0.2, 0) is 0 Å². The number of rotatable bonds is 3. The molecule has 3 aromatic rings. The highest BCUT2D eigenvalue weighted by Crippen LogP contribution is 2.32. The first-order chi connectivity index (χ1) is 10.1. The van der Waals surface area contributed by atoms with Crippen LogP contribution in [0.25, 0.3) is 16.7 Å². The first kappa shape index (κ1) is 14.2. The lowest BCUT2D eigenvalue weighted by Gasteiger charge is -2.08. The highest BCUT2D eigenvalue weighted by atomic mass is 79.9. The average molecular weight is 367 g/mol. The van der Waals surface area contributed by atoms with Crippen molar-refractivity contribution in [3.63, 3.8) is 0 Å². The minimum Gasteiger partial charge on any atom is -0.492 e. The van der Waals surface area contributed by atoms with Gasteiger partial charge in [0.1, 0.15) is 11.3 Å². The van der Waals surface area contributed by atoms with Crippen LogP contribution in [0.4, 0.5) is 5.95 Å². The fourth-order valence-electron chi connectivity index (χ4n) is 2.26. The maximum atomic E-state index is 6.17. The van der Waals surface area contributed by atoms with Crippen LogP contribution in [-0.4, -0.2) is 16.2 Å². The summed E-state index contributed by atoms with van der Waals surface area (Å²) in [4.78, 5) is 4.42. The van der Waals surface area contributed by atoms with Gasteiger partial charge in [0.25, 0.3) is 0 Å². The number of para-hydroxylation sites is 1. The van der Waals surface area contributed by atoms with E-state index >= 15 is 0 Å². The van der Waals surface area contributed by atoms with Crippen molar-refractivity contribution in [1.29, 1.82) is 0 Å². The Labute approximate surface area is 135 Å². The summed E-state index contributed by atoms with van der Waals surface area (Å²) in [6.07, 6.45) is 0. The molecule has 21 heavy (non-hydrogen) atoms. The van der Waals surface area contributed by atoms with Gasteiger partial charge < -0.3 is 10.5 Å². The Morgan fingerprint density at radius 2 is 2.14 bits per heavy atom. The molecule has 0 saturated heterocycles. The number of fused-ring (bicyclic) bond motifs is 1. The number of hydrogen-bond donors (Lipinski definition) is 1. The molecule has 1 heterocycles. The Bertz CT molecular complexity index is 816. The quantitative estimate of drug-likeness (QED) is 0.746. The molecule has 2 aromatic carbocycles. The zero-order valence-electron chi connectivity index (χ0n) is 11.3. The standard InChI is InChI=1S/C15H13BrClN3O/c1-2-21-13-5-3-4-12-14(13)19-15(18)20(12)9-6-7-10(16)11(17)8-9/h3-8H,2H2,1H3,(H2,18,19). The van der Waals surface area contributed by atoms with Crippen molar-refractivity contribution in [2.75, 3.05) is 12.3 Å². The van der Waals surface area contributed by atoms with Gasteiger partial charge in [-0.1, -0.05) is 17.7 Å². The summed E-state index contributed by atoms with van der Waals surface area (Å²) < 4.78 is 8.30. The number of hydrogen-bond acceptors (Lipinski definition) is 3. The molecule has 0 radical (unpaired) electrons. The van der Waals surface area contributed by atoms with Crippen LogP contribution >= 0.6 is 27.5 Å². The number of nitrogen functional groups attached to an aromatic ring is 1. The van der Waals surface area contributed by atoms with E-state index in [-0.39, 0.29) is 0 Å². The van der Waals surface area contributed by atoms with Crippen molar-refractivity contribution in [1.82, 2.24) is 9.55 Å². The number of nitrogens with zero attached hydrogens (tertiary/aromatic N) is 2. The highest BCUT2D eigenvalue weighted by molar-refractivity contribution is 9.10. The molecule has 4 nitrogen and oxygen atoms in total. The molecular formula is C15H13BrClN3O. The number of halogens is 2. The minimum absolute atomic E-state index is 0.399. The molecule has 0 atom stereocenters. The number of aromatic nitrogens is 2. The monoisotopic (exact) mass is 365 g/mol. The molecule has 108 valence electrons. The van der Waals surface area contributed by atoms with Crippen LogP contribution in [0.15, 0.2) is 40.9 Å². The summed E-state index contributed by atoms with van der Waals surface area (Å²) in [6, 6.07) is 11.4. The van der Waals surface area contributed by atoms with E-state index < -0.39 is 0 Å². The van der Waals surface area contributed by atoms with Gasteiger partial charge in [0.15, 0.2) is 0 Å². The van der Waals surface area contributed by atoms with Crippen LogP contribution in [0.3, 0.4) is 0 Å². The predicted octanol–water partition coefficient (Wildman–Crippen LogP) is 4.42. The normalized spacial score (nSPS) is 11.0. The van der Waals surface area contributed by atoms with Crippen LogP contribution in [0.2, 0.25) is 5.02 Å². The lowest BCUT2D eigenvalue weighted by molar-refractivity contribution is 0.344. The van der Waals surface area contributed by atoms with E-state index in [0.29, 0.717) is 17.6 Å². The van der Waals surface area contributed by atoms with Gasteiger partial charge in [-0.05, 0) is 53.2 Å². The predicted molar refractivity (Wildman–Crippen MR) is 89.4 cm³/mol. The number of benzene rings is 2. The summed E-state index contributed by atoms with van der Waals surface area (Å²) >= 11 is 9.55. The van der Waals surface area contributed by atoms with Crippen LogP contribution in [0, 0.1) is 0 Å². The fourth-order valence-corrected chi connectivity index (χ4v) is 2.68. The number of imidazole rings is 1. The van der Waals surface area contributed by atoms with Crippen LogP contribution in [0.5, 0.6) is 5.75 Å². The van der Waals surface area contributed by atoms with E-state index in [0.717, 1.165) is 26.9 Å². The van der Waals surface area contributed by atoms with E-state index in [2.05, 4.69) is 20.9 Å². The molecule has 0 aliphatic carbocycles. The lowest BCUT2D eigenvalue weighted by Crippen LogP contribution is -2.00. The molecule has 1 aromatic heterocycles. The number of ether oxygens (including phenoxy) is 1.